The fraction of sp³-hybridized carbons (Fsp3) is 0.0769. The Balaban J connectivity index is 2.26. The molecule has 0 aromatic heterocycles. The number of halogens is 5. The highest BCUT2D eigenvalue weighted by Gasteiger charge is 2.27. The molecule has 0 amide bonds. The molecule has 1 nitrogen and oxygen atoms in total. The molecule has 0 unspecified atom stereocenters. The van der Waals surface area contributed by atoms with E-state index in [0.29, 0.717) is 17.2 Å². The van der Waals surface area contributed by atoms with E-state index in [0.717, 1.165) is 21.3 Å². The molecule has 0 saturated carbocycles. The van der Waals surface area contributed by atoms with Gasteiger partial charge in [0.05, 0.1) is 19.5 Å². The maximum Gasteiger partial charge on any atom is 0.152 e. The van der Waals surface area contributed by atoms with Crippen molar-refractivity contribution >= 4 is 62.3 Å². The first-order chi connectivity index (χ1) is 9.00. The van der Waals surface area contributed by atoms with Gasteiger partial charge in [-0.05, 0) is 22.0 Å². The SMILES string of the molecule is Clc1c(Cl)c(Cl)c2c(c1Cl)Cc1cccc(Br)c1O2. The van der Waals surface area contributed by atoms with E-state index in [1.54, 1.807) is 0 Å². The molecule has 1 heterocycles. The molecule has 0 N–H and O–H groups in total. The highest BCUT2D eigenvalue weighted by Crippen LogP contribution is 2.51. The molecular weight excluding hydrogens is 394 g/mol. The molecule has 19 heavy (non-hydrogen) atoms. The first-order valence-electron chi connectivity index (χ1n) is 5.30. The van der Waals surface area contributed by atoms with Crippen molar-refractivity contribution in [1.29, 1.82) is 0 Å². The van der Waals surface area contributed by atoms with Gasteiger partial charge in [-0.2, -0.15) is 0 Å². The molecule has 0 spiro atoms. The van der Waals surface area contributed by atoms with Crippen LogP contribution in [0.2, 0.25) is 20.1 Å². The first-order valence-corrected chi connectivity index (χ1v) is 7.61. The third-order valence-electron chi connectivity index (χ3n) is 2.94. The minimum Gasteiger partial charge on any atom is -0.454 e. The van der Waals surface area contributed by atoms with Crippen molar-refractivity contribution in [3.05, 3.63) is 53.9 Å². The maximum absolute atomic E-state index is 6.23. The monoisotopic (exact) mass is 396 g/mol. The van der Waals surface area contributed by atoms with Crippen LogP contribution in [-0.2, 0) is 6.42 Å². The molecule has 6 heteroatoms. The van der Waals surface area contributed by atoms with Gasteiger partial charge in [-0.15, -0.1) is 0 Å². The second-order valence-corrected chi connectivity index (χ2v) is 6.44. The van der Waals surface area contributed by atoms with E-state index in [9.17, 15) is 0 Å². The van der Waals surface area contributed by atoms with Crippen LogP contribution >= 0.6 is 62.3 Å². The van der Waals surface area contributed by atoms with Crippen molar-refractivity contribution in [3.63, 3.8) is 0 Å². The van der Waals surface area contributed by atoms with Crippen LogP contribution in [0.3, 0.4) is 0 Å². The lowest BCUT2D eigenvalue weighted by atomic mass is 10.0. The van der Waals surface area contributed by atoms with Crippen molar-refractivity contribution in [2.75, 3.05) is 0 Å². The topological polar surface area (TPSA) is 9.23 Å². The van der Waals surface area contributed by atoms with E-state index in [1.807, 2.05) is 18.2 Å². The highest BCUT2D eigenvalue weighted by molar-refractivity contribution is 9.10. The molecule has 2 aromatic carbocycles. The quantitative estimate of drug-likeness (QED) is 0.300. The normalized spacial score (nSPS) is 12.7. The molecule has 2 aromatic rings. The van der Waals surface area contributed by atoms with E-state index in [1.165, 1.54) is 0 Å². The van der Waals surface area contributed by atoms with Crippen LogP contribution < -0.4 is 4.74 Å². The molecule has 0 fully saturated rings. The third kappa shape index (κ3) is 2.14. The summed E-state index contributed by atoms with van der Waals surface area (Å²) in [5.74, 6) is 1.20. The van der Waals surface area contributed by atoms with Gasteiger partial charge in [-0.3, -0.25) is 0 Å². The highest BCUT2D eigenvalue weighted by atomic mass is 79.9. The van der Waals surface area contributed by atoms with Gasteiger partial charge in [0, 0.05) is 17.5 Å². The summed E-state index contributed by atoms with van der Waals surface area (Å²) in [5, 5.41) is 1.14. The molecule has 0 saturated heterocycles. The predicted molar refractivity (Wildman–Crippen MR) is 83.5 cm³/mol. The second kappa shape index (κ2) is 5.01. The Morgan fingerprint density at radius 1 is 0.895 bits per heavy atom. The summed E-state index contributed by atoms with van der Waals surface area (Å²) >= 11 is 28.0. The van der Waals surface area contributed by atoms with Gasteiger partial charge in [0.2, 0.25) is 0 Å². The van der Waals surface area contributed by atoms with Gasteiger partial charge < -0.3 is 4.74 Å². The van der Waals surface area contributed by atoms with Gasteiger partial charge in [0.15, 0.2) is 5.75 Å². The standard InChI is InChI=1S/C13H5BrCl4O/c14-7-3-1-2-5-4-6-8(15)9(16)10(17)11(18)13(6)19-12(5)7/h1-3H,4H2. The Labute approximate surface area is 138 Å². The Bertz CT molecular complexity index is 700. The predicted octanol–water partition coefficient (Wildman–Crippen LogP) is 6.76. The zero-order chi connectivity index (χ0) is 13.7. The van der Waals surface area contributed by atoms with E-state index in [2.05, 4.69) is 15.9 Å². The number of ether oxygens (including phenoxy) is 1. The minimum atomic E-state index is 0.211. The summed E-state index contributed by atoms with van der Waals surface area (Å²) in [5.41, 5.74) is 1.77. The van der Waals surface area contributed by atoms with Gasteiger partial charge in [0.1, 0.15) is 10.8 Å². The minimum absolute atomic E-state index is 0.211. The van der Waals surface area contributed by atoms with Gasteiger partial charge >= 0.3 is 0 Å². The zero-order valence-corrected chi connectivity index (χ0v) is 13.8. The summed E-state index contributed by atoms with van der Waals surface area (Å²) in [7, 11) is 0. The Morgan fingerprint density at radius 2 is 1.58 bits per heavy atom. The summed E-state index contributed by atoms with van der Waals surface area (Å²) in [4.78, 5) is 0. The number of para-hydroxylation sites is 1. The molecule has 0 atom stereocenters. The van der Waals surface area contributed by atoms with Crippen LogP contribution in [0.4, 0.5) is 0 Å². The maximum atomic E-state index is 6.23. The average molecular weight is 399 g/mol. The van der Waals surface area contributed by atoms with E-state index >= 15 is 0 Å². The fourth-order valence-electron chi connectivity index (χ4n) is 2.02. The molecule has 1 aliphatic heterocycles. The van der Waals surface area contributed by atoms with E-state index in [-0.39, 0.29) is 15.1 Å². The van der Waals surface area contributed by atoms with Crippen LogP contribution in [0.15, 0.2) is 22.7 Å². The van der Waals surface area contributed by atoms with Crippen molar-refractivity contribution < 1.29 is 4.74 Å². The first kappa shape index (κ1) is 13.8. The lowest BCUT2D eigenvalue weighted by Gasteiger charge is -2.24. The summed E-state index contributed by atoms with van der Waals surface area (Å²) < 4.78 is 6.70. The molecule has 0 aliphatic carbocycles. The molecule has 1 aliphatic rings. The Morgan fingerprint density at radius 3 is 2.32 bits per heavy atom. The molecular formula is C13H5BrCl4O. The molecule has 3 rings (SSSR count). The number of hydrogen-bond donors (Lipinski definition) is 0. The second-order valence-electron chi connectivity index (χ2n) is 4.07. The fourth-order valence-corrected chi connectivity index (χ4v) is 3.49. The zero-order valence-electron chi connectivity index (χ0n) is 9.24. The average Bonchev–Trinajstić information content (AvgIpc) is 2.42. The summed E-state index contributed by atoms with van der Waals surface area (Å²) in [6, 6.07) is 5.80. The largest absolute Gasteiger partial charge is 0.454 e. The van der Waals surface area contributed by atoms with Crippen LogP contribution in [0, 0.1) is 0 Å². The molecule has 0 radical (unpaired) electrons. The number of hydrogen-bond acceptors (Lipinski definition) is 1. The number of fused-ring (bicyclic) bond motifs is 2. The van der Waals surface area contributed by atoms with Crippen LogP contribution in [0.25, 0.3) is 0 Å². The summed E-state index contributed by atoms with van der Waals surface area (Å²) in [6.07, 6.45) is 0.597. The van der Waals surface area contributed by atoms with Crippen LogP contribution in [0.1, 0.15) is 11.1 Å². The van der Waals surface area contributed by atoms with Crippen molar-refractivity contribution in [2.45, 2.75) is 6.42 Å². The Hall–Kier alpha value is -0.120. The van der Waals surface area contributed by atoms with Gasteiger partial charge in [-0.25, -0.2) is 0 Å². The smallest absolute Gasteiger partial charge is 0.152 e. The van der Waals surface area contributed by atoms with Crippen LogP contribution in [0.5, 0.6) is 11.5 Å². The third-order valence-corrected chi connectivity index (χ3v) is 5.38. The van der Waals surface area contributed by atoms with E-state index in [4.69, 9.17) is 51.1 Å². The Kier molecular flexibility index (Phi) is 3.65. The lowest BCUT2D eigenvalue weighted by Crippen LogP contribution is -2.05. The summed E-state index contributed by atoms with van der Waals surface area (Å²) in [6.45, 7) is 0. The molecule has 98 valence electrons. The number of rotatable bonds is 0. The van der Waals surface area contributed by atoms with Crippen molar-refractivity contribution in [1.82, 2.24) is 0 Å². The van der Waals surface area contributed by atoms with Gasteiger partial charge in [-0.1, -0.05) is 58.5 Å². The number of benzene rings is 2. The van der Waals surface area contributed by atoms with Crippen molar-refractivity contribution in [2.24, 2.45) is 0 Å². The van der Waals surface area contributed by atoms with Crippen LogP contribution in [-0.4, -0.2) is 0 Å². The molecule has 0 bridgehead atoms. The van der Waals surface area contributed by atoms with Gasteiger partial charge in [0.25, 0.3) is 0 Å². The lowest BCUT2D eigenvalue weighted by molar-refractivity contribution is 0.457. The van der Waals surface area contributed by atoms with E-state index < -0.39 is 0 Å². The van der Waals surface area contributed by atoms with Crippen molar-refractivity contribution in [3.8, 4) is 11.5 Å².